The van der Waals surface area contributed by atoms with Gasteiger partial charge in [-0.15, -0.1) is 0 Å². The molecule has 0 aromatic carbocycles. The molecule has 0 aromatic rings. The van der Waals surface area contributed by atoms with E-state index in [1.165, 1.54) is 109 Å². The Morgan fingerprint density at radius 3 is 1.58 bits per heavy atom. The highest BCUT2D eigenvalue weighted by atomic mass is 32.3. The van der Waals surface area contributed by atoms with Crippen molar-refractivity contribution in [2.45, 2.75) is 218 Å². The summed E-state index contributed by atoms with van der Waals surface area (Å²) in [6.45, 7) is 3.80. The van der Waals surface area contributed by atoms with Gasteiger partial charge in [0.2, 0.25) is 0 Å². The first-order valence-electron chi connectivity index (χ1n) is 23.4. The Balaban J connectivity index is 2.41. The quantitative estimate of drug-likeness (QED) is 0.0199. The third kappa shape index (κ3) is 31.8. The van der Waals surface area contributed by atoms with Gasteiger partial charge in [0.25, 0.3) is 0 Å². The molecule has 1 rings (SSSR count). The van der Waals surface area contributed by atoms with Crippen LogP contribution in [-0.2, 0) is 38.3 Å². The summed E-state index contributed by atoms with van der Waals surface area (Å²) in [7, 11) is -5.07. The second kappa shape index (κ2) is 38.7. The van der Waals surface area contributed by atoms with E-state index in [9.17, 15) is 28.5 Å². The Bertz CT molecular complexity index is 1240. The molecular weight excluding hydrogens is 789 g/mol. The van der Waals surface area contributed by atoms with Gasteiger partial charge in [0.1, 0.15) is 30.5 Å². The molecule has 6 unspecified atom stereocenters. The van der Waals surface area contributed by atoms with E-state index in [0.29, 0.717) is 13.0 Å². The molecule has 0 aromatic heterocycles. The monoisotopic (exact) mass is 873 g/mol. The smallest absolute Gasteiger partial charge is 0.397 e. The number of unbranched alkanes of at least 4 members (excludes halogenated alkanes) is 19. The number of aliphatic hydroxyl groups excluding tert-OH is 3. The third-order valence-corrected chi connectivity index (χ3v) is 10.9. The molecule has 0 bridgehead atoms. The van der Waals surface area contributed by atoms with Crippen LogP contribution in [0.1, 0.15) is 181 Å². The molecule has 0 aliphatic carbocycles. The maximum Gasteiger partial charge on any atom is 0.397 e. The van der Waals surface area contributed by atoms with Crippen LogP contribution in [0.15, 0.2) is 48.6 Å². The van der Waals surface area contributed by atoms with Crippen LogP contribution in [0.25, 0.3) is 0 Å². The molecule has 1 heterocycles. The summed E-state index contributed by atoms with van der Waals surface area (Å²) < 4.78 is 59.0. The predicted octanol–water partition coefficient (Wildman–Crippen LogP) is 9.97. The highest BCUT2D eigenvalue weighted by Gasteiger charge is 2.48. The summed E-state index contributed by atoms with van der Waals surface area (Å²) in [5.41, 5.74) is 0. The van der Waals surface area contributed by atoms with E-state index in [-0.39, 0.29) is 19.6 Å². The van der Waals surface area contributed by atoms with Gasteiger partial charge in [-0.05, 0) is 38.5 Å². The molecule has 0 saturated carbocycles. The molecule has 0 radical (unpaired) electrons. The molecule has 350 valence electrons. The number of carbonyl (C=O) groups excluding carboxylic acids is 1. The molecule has 0 amide bonds. The van der Waals surface area contributed by atoms with Gasteiger partial charge in [-0.2, -0.15) is 8.42 Å². The van der Waals surface area contributed by atoms with Crippen molar-refractivity contribution in [3.63, 3.8) is 0 Å². The molecule has 6 atom stereocenters. The highest BCUT2D eigenvalue weighted by molar-refractivity contribution is 7.80. The molecule has 12 nitrogen and oxygen atoms in total. The Hall–Kier alpha value is -1.94. The first-order chi connectivity index (χ1) is 29.1. The van der Waals surface area contributed by atoms with E-state index in [4.69, 9.17) is 23.5 Å². The first kappa shape index (κ1) is 56.1. The fourth-order valence-electron chi connectivity index (χ4n) is 6.98. The molecule has 1 aliphatic heterocycles. The minimum atomic E-state index is -5.07. The molecule has 1 saturated heterocycles. The molecule has 4 N–H and O–H groups in total. The van der Waals surface area contributed by atoms with Gasteiger partial charge in [-0.1, -0.05) is 184 Å². The van der Waals surface area contributed by atoms with Gasteiger partial charge in [-0.3, -0.25) is 9.35 Å². The van der Waals surface area contributed by atoms with Crippen LogP contribution in [0.5, 0.6) is 0 Å². The summed E-state index contributed by atoms with van der Waals surface area (Å²) in [4.78, 5) is 12.8. The zero-order valence-corrected chi connectivity index (χ0v) is 38.1. The van der Waals surface area contributed by atoms with Crippen LogP contribution >= 0.6 is 0 Å². The number of hydrogen-bond acceptors (Lipinski definition) is 11. The topological polar surface area (TPSA) is 178 Å². The van der Waals surface area contributed by atoms with E-state index >= 15 is 0 Å². The number of hydrogen-bond donors (Lipinski definition) is 4. The lowest BCUT2D eigenvalue weighted by molar-refractivity contribution is -0.301. The number of allylic oxidation sites excluding steroid dienone is 8. The van der Waals surface area contributed by atoms with Gasteiger partial charge in [0, 0.05) is 13.0 Å². The van der Waals surface area contributed by atoms with Gasteiger partial charge in [0.15, 0.2) is 6.29 Å². The Labute approximate surface area is 364 Å². The minimum Gasteiger partial charge on any atom is -0.457 e. The van der Waals surface area contributed by atoms with Crippen LogP contribution in [0.3, 0.4) is 0 Å². The Morgan fingerprint density at radius 2 is 1.12 bits per heavy atom. The lowest BCUT2D eigenvalue weighted by Crippen LogP contribution is -2.60. The number of carbonyl (C=O) groups is 1. The molecule has 0 spiro atoms. The largest absolute Gasteiger partial charge is 0.457 e. The highest BCUT2D eigenvalue weighted by Crippen LogP contribution is 2.26. The Kier molecular flexibility index (Phi) is 36.2. The SMILES string of the molecule is CC/C=C\C/C=C\C/C=C\C/C=C\CCC(=O)OC(COCCCCCCCCCCCCCCCCCCCCCC)COC1OC(CO)C(O)C(OS(=O)(=O)O)C1O. The maximum absolute atomic E-state index is 12.8. The summed E-state index contributed by atoms with van der Waals surface area (Å²) in [6.07, 6.45) is 37.4. The summed E-state index contributed by atoms with van der Waals surface area (Å²) in [5, 5.41) is 30.6. The fourth-order valence-corrected chi connectivity index (χ4v) is 7.49. The summed E-state index contributed by atoms with van der Waals surface area (Å²) in [6, 6.07) is 0. The van der Waals surface area contributed by atoms with Crippen LogP contribution in [0.2, 0.25) is 0 Å². The van der Waals surface area contributed by atoms with Crippen LogP contribution in [0, 0.1) is 0 Å². The van der Waals surface area contributed by atoms with E-state index < -0.39 is 59.8 Å². The minimum absolute atomic E-state index is 0.00858. The van der Waals surface area contributed by atoms with E-state index in [2.05, 4.69) is 54.5 Å². The van der Waals surface area contributed by atoms with E-state index in [0.717, 1.165) is 44.9 Å². The molecule has 60 heavy (non-hydrogen) atoms. The standard InChI is InChI=1S/C47H84O12S/c1-3-5-7-9-11-13-15-17-18-19-20-21-22-23-25-27-29-31-33-35-37-55-39-41(40-56-47-45(51)46(59-60(52,53)54)44(50)42(38-48)58-47)57-43(49)36-34-32-30-28-26-24-16-14-12-10-8-6-4-2/h6,8,12,14,24,26,30,32,41-42,44-48,50-51H,3-5,7,9-11,13,15-23,25,27-29,31,33-40H2,1-2H3,(H,52,53,54)/b8-6-,14-12-,26-24-,32-30-. The van der Waals surface area contributed by atoms with Crippen molar-refractivity contribution >= 4 is 16.4 Å². The van der Waals surface area contributed by atoms with Gasteiger partial charge in [0.05, 0.1) is 19.8 Å². The van der Waals surface area contributed by atoms with Crippen LogP contribution < -0.4 is 0 Å². The molecular formula is C47H84O12S. The van der Waals surface area contributed by atoms with Crippen LogP contribution in [-0.4, -0.2) is 97.5 Å². The predicted molar refractivity (Wildman–Crippen MR) is 239 cm³/mol. The van der Waals surface area contributed by atoms with E-state index in [1.54, 1.807) is 0 Å². The average molecular weight is 873 g/mol. The normalized spacial score (nSPS) is 20.7. The first-order valence-corrected chi connectivity index (χ1v) is 24.8. The zero-order chi connectivity index (χ0) is 43.9. The number of esters is 1. The summed E-state index contributed by atoms with van der Waals surface area (Å²) in [5.74, 6) is -0.477. The van der Waals surface area contributed by atoms with Gasteiger partial charge >= 0.3 is 16.4 Å². The third-order valence-electron chi connectivity index (χ3n) is 10.5. The number of ether oxygens (including phenoxy) is 4. The van der Waals surface area contributed by atoms with Crippen molar-refractivity contribution in [1.82, 2.24) is 0 Å². The van der Waals surface area contributed by atoms with Crippen molar-refractivity contribution < 1.29 is 56.2 Å². The molecule has 13 heteroatoms. The fraction of sp³-hybridized carbons (Fsp3) is 0.809. The zero-order valence-electron chi connectivity index (χ0n) is 37.3. The maximum atomic E-state index is 12.8. The van der Waals surface area contributed by atoms with Crippen molar-refractivity contribution in [2.75, 3.05) is 26.4 Å². The second-order valence-corrected chi connectivity index (χ2v) is 17.0. The van der Waals surface area contributed by atoms with Crippen molar-refractivity contribution in [2.24, 2.45) is 0 Å². The lowest BCUT2D eigenvalue weighted by atomic mass is 9.99. The number of rotatable bonds is 40. The van der Waals surface area contributed by atoms with Gasteiger partial charge < -0.3 is 34.3 Å². The molecule has 1 aliphatic rings. The van der Waals surface area contributed by atoms with E-state index in [1.807, 2.05) is 12.2 Å². The second-order valence-electron chi connectivity index (χ2n) is 16.0. The number of aliphatic hydroxyl groups is 3. The molecule has 1 fully saturated rings. The summed E-state index contributed by atoms with van der Waals surface area (Å²) >= 11 is 0. The Morgan fingerprint density at radius 1 is 0.650 bits per heavy atom. The van der Waals surface area contributed by atoms with Gasteiger partial charge in [-0.25, -0.2) is 4.18 Å². The van der Waals surface area contributed by atoms with Crippen molar-refractivity contribution in [3.8, 4) is 0 Å². The average Bonchev–Trinajstić information content (AvgIpc) is 3.22. The van der Waals surface area contributed by atoms with Crippen molar-refractivity contribution in [3.05, 3.63) is 48.6 Å². The van der Waals surface area contributed by atoms with Crippen LogP contribution in [0.4, 0.5) is 0 Å². The van der Waals surface area contributed by atoms with Crippen molar-refractivity contribution in [1.29, 1.82) is 0 Å². The lowest BCUT2D eigenvalue weighted by Gasteiger charge is -2.41.